The normalized spacial score (nSPS) is 12.1. The Morgan fingerprint density at radius 1 is 1.37 bits per heavy atom. The fourth-order valence-corrected chi connectivity index (χ4v) is 2.11. The molecule has 0 amide bonds. The van der Waals surface area contributed by atoms with E-state index in [1.807, 2.05) is 13.1 Å². The molecule has 0 radical (unpaired) electrons. The highest BCUT2D eigenvalue weighted by atomic mass is 16.5. The van der Waals surface area contributed by atoms with Gasteiger partial charge in [-0.25, -0.2) is 0 Å². The molecule has 0 saturated heterocycles. The second-order valence-electron chi connectivity index (χ2n) is 5.20. The monoisotopic (exact) mass is 260 g/mol. The van der Waals surface area contributed by atoms with Gasteiger partial charge in [-0.15, -0.1) is 0 Å². The van der Waals surface area contributed by atoms with Gasteiger partial charge >= 0.3 is 0 Å². The summed E-state index contributed by atoms with van der Waals surface area (Å²) in [5.74, 6) is 1.43. The van der Waals surface area contributed by atoms with Crippen LogP contribution in [0.1, 0.15) is 38.7 Å². The van der Waals surface area contributed by atoms with Crippen LogP contribution in [-0.2, 0) is 0 Å². The Labute approximate surface area is 116 Å². The molecule has 0 aromatic heterocycles. The zero-order valence-corrected chi connectivity index (χ0v) is 12.6. The van der Waals surface area contributed by atoms with Gasteiger partial charge in [0.05, 0.1) is 19.1 Å². The van der Waals surface area contributed by atoms with Gasteiger partial charge in [-0.2, -0.15) is 5.26 Å². The van der Waals surface area contributed by atoms with Crippen LogP contribution in [0.3, 0.4) is 0 Å². The summed E-state index contributed by atoms with van der Waals surface area (Å²) in [7, 11) is 3.74. The Morgan fingerprint density at radius 3 is 2.53 bits per heavy atom. The Hall–Kier alpha value is -1.69. The number of nitriles is 1. The largest absolute Gasteiger partial charge is 0.496 e. The third kappa shape index (κ3) is 3.89. The van der Waals surface area contributed by atoms with Gasteiger partial charge in [-0.3, -0.25) is 0 Å². The molecule has 3 heteroatoms. The van der Waals surface area contributed by atoms with Crippen LogP contribution in [-0.4, -0.2) is 20.7 Å². The molecule has 0 bridgehead atoms. The molecule has 1 aromatic rings. The Morgan fingerprint density at radius 2 is 2.05 bits per heavy atom. The van der Waals surface area contributed by atoms with Crippen molar-refractivity contribution in [2.45, 2.75) is 33.1 Å². The minimum absolute atomic E-state index is 0.0783. The standard InChI is InChI=1S/C16H24N2O/c1-6-13(10-17)11-18(4)14-7-8-16(19-5)15(9-14)12(2)3/h7-9,12-13H,6,11H2,1-5H3. The zero-order chi connectivity index (χ0) is 14.4. The molecule has 0 aliphatic heterocycles. The maximum Gasteiger partial charge on any atom is 0.122 e. The van der Waals surface area contributed by atoms with Crippen LogP contribution in [0.2, 0.25) is 0 Å². The quantitative estimate of drug-likeness (QED) is 0.780. The van der Waals surface area contributed by atoms with Gasteiger partial charge in [0.1, 0.15) is 5.75 Å². The van der Waals surface area contributed by atoms with E-state index in [9.17, 15) is 0 Å². The summed E-state index contributed by atoms with van der Waals surface area (Å²) in [6.07, 6.45) is 0.883. The van der Waals surface area contributed by atoms with E-state index in [-0.39, 0.29) is 5.92 Å². The van der Waals surface area contributed by atoms with Crippen molar-refractivity contribution in [2.75, 3.05) is 25.6 Å². The molecule has 0 fully saturated rings. The van der Waals surface area contributed by atoms with Crippen molar-refractivity contribution in [1.82, 2.24) is 0 Å². The summed E-state index contributed by atoms with van der Waals surface area (Å²) in [5.41, 5.74) is 2.34. The number of hydrogen-bond donors (Lipinski definition) is 0. The van der Waals surface area contributed by atoms with Crippen molar-refractivity contribution in [1.29, 1.82) is 5.26 Å². The van der Waals surface area contributed by atoms with Crippen molar-refractivity contribution in [3.8, 4) is 11.8 Å². The van der Waals surface area contributed by atoms with E-state index in [2.05, 4.69) is 43.9 Å². The van der Waals surface area contributed by atoms with Gasteiger partial charge in [0.15, 0.2) is 0 Å². The summed E-state index contributed by atoms with van der Waals surface area (Å²) in [6.45, 7) is 7.13. The summed E-state index contributed by atoms with van der Waals surface area (Å²) in [5, 5.41) is 9.05. The molecular formula is C16H24N2O. The molecule has 19 heavy (non-hydrogen) atoms. The van der Waals surface area contributed by atoms with Gasteiger partial charge in [0, 0.05) is 19.3 Å². The Balaban J connectivity index is 2.95. The van der Waals surface area contributed by atoms with Crippen molar-refractivity contribution in [3.63, 3.8) is 0 Å². The molecule has 1 atom stereocenters. The molecule has 0 spiro atoms. The van der Waals surface area contributed by atoms with Crippen LogP contribution in [0, 0.1) is 17.2 Å². The average molecular weight is 260 g/mol. The maximum absolute atomic E-state index is 9.05. The number of ether oxygens (including phenoxy) is 1. The maximum atomic E-state index is 9.05. The number of nitrogens with zero attached hydrogens (tertiary/aromatic N) is 2. The van der Waals surface area contributed by atoms with Gasteiger partial charge < -0.3 is 9.64 Å². The van der Waals surface area contributed by atoms with Crippen molar-refractivity contribution >= 4 is 5.69 Å². The Bertz CT molecular complexity index is 449. The summed E-state index contributed by atoms with van der Waals surface area (Å²) in [4.78, 5) is 2.14. The second-order valence-corrected chi connectivity index (χ2v) is 5.20. The van der Waals surface area contributed by atoms with E-state index < -0.39 is 0 Å². The molecule has 0 saturated carbocycles. The van der Waals surface area contributed by atoms with E-state index in [4.69, 9.17) is 10.00 Å². The smallest absolute Gasteiger partial charge is 0.122 e. The van der Waals surface area contributed by atoms with Crippen molar-refractivity contribution < 1.29 is 4.74 Å². The molecule has 0 aliphatic rings. The van der Waals surface area contributed by atoms with E-state index in [1.165, 1.54) is 5.56 Å². The number of methoxy groups -OCH3 is 1. The third-order valence-corrected chi connectivity index (χ3v) is 3.45. The molecule has 3 nitrogen and oxygen atoms in total. The number of anilines is 1. The SMILES string of the molecule is CCC(C#N)CN(C)c1ccc(OC)c(C(C)C)c1. The highest BCUT2D eigenvalue weighted by Crippen LogP contribution is 2.30. The van der Waals surface area contributed by atoms with E-state index >= 15 is 0 Å². The van der Waals surface area contributed by atoms with Gasteiger partial charge in [0.25, 0.3) is 0 Å². The topological polar surface area (TPSA) is 36.3 Å². The first-order valence-corrected chi connectivity index (χ1v) is 6.82. The minimum Gasteiger partial charge on any atom is -0.496 e. The van der Waals surface area contributed by atoms with Gasteiger partial charge in [-0.1, -0.05) is 20.8 Å². The molecule has 1 rings (SSSR count). The van der Waals surface area contributed by atoms with E-state index in [1.54, 1.807) is 7.11 Å². The lowest BCUT2D eigenvalue weighted by Crippen LogP contribution is -2.24. The minimum atomic E-state index is 0.0783. The molecule has 0 heterocycles. The van der Waals surface area contributed by atoms with Crippen LogP contribution >= 0.6 is 0 Å². The van der Waals surface area contributed by atoms with E-state index in [0.29, 0.717) is 5.92 Å². The predicted molar refractivity (Wildman–Crippen MR) is 79.7 cm³/mol. The first-order chi connectivity index (χ1) is 9.03. The molecule has 0 aliphatic carbocycles. The zero-order valence-electron chi connectivity index (χ0n) is 12.6. The first kappa shape index (κ1) is 15.4. The molecule has 104 valence electrons. The third-order valence-electron chi connectivity index (χ3n) is 3.45. The average Bonchev–Trinajstić information content (AvgIpc) is 2.43. The van der Waals surface area contributed by atoms with Crippen LogP contribution in [0.4, 0.5) is 5.69 Å². The lowest BCUT2D eigenvalue weighted by Gasteiger charge is -2.23. The predicted octanol–water partition coefficient (Wildman–Crippen LogP) is 3.80. The van der Waals surface area contributed by atoms with Crippen LogP contribution in [0.25, 0.3) is 0 Å². The van der Waals surface area contributed by atoms with Crippen molar-refractivity contribution in [3.05, 3.63) is 23.8 Å². The molecule has 1 unspecified atom stereocenters. The van der Waals surface area contributed by atoms with Crippen LogP contribution in [0.5, 0.6) is 5.75 Å². The number of hydrogen-bond acceptors (Lipinski definition) is 3. The summed E-state index contributed by atoms with van der Waals surface area (Å²) >= 11 is 0. The first-order valence-electron chi connectivity index (χ1n) is 6.82. The number of rotatable bonds is 6. The van der Waals surface area contributed by atoms with Crippen molar-refractivity contribution in [2.24, 2.45) is 5.92 Å². The highest BCUT2D eigenvalue weighted by Gasteiger charge is 2.13. The number of benzene rings is 1. The summed E-state index contributed by atoms with van der Waals surface area (Å²) < 4.78 is 5.39. The molecule has 1 aromatic carbocycles. The fourth-order valence-electron chi connectivity index (χ4n) is 2.11. The van der Waals surface area contributed by atoms with Crippen LogP contribution < -0.4 is 9.64 Å². The fraction of sp³-hybridized carbons (Fsp3) is 0.562. The molecular weight excluding hydrogens is 236 g/mol. The van der Waals surface area contributed by atoms with Gasteiger partial charge in [-0.05, 0) is 36.1 Å². The lowest BCUT2D eigenvalue weighted by atomic mass is 10.0. The summed E-state index contributed by atoms with van der Waals surface area (Å²) in [6, 6.07) is 8.57. The Kier molecular flexibility index (Phi) is 5.69. The van der Waals surface area contributed by atoms with Gasteiger partial charge in [0.2, 0.25) is 0 Å². The molecule has 0 N–H and O–H groups in total. The second kappa shape index (κ2) is 7.04. The highest BCUT2D eigenvalue weighted by molar-refractivity contribution is 5.53. The lowest BCUT2D eigenvalue weighted by molar-refractivity contribution is 0.407. The van der Waals surface area contributed by atoms with E-state index in [0.717, 1.165) is 24.4 Å². The van der Waals surface area contributed by atoms with Crippen LogP contribution in [0.15, 0.2) is 18.2 Å².